The molecule has 0 bridgehead atoms. The molecule has 0 spiro atoms. The lowest BCUT2D eigenvalue weighted by atomic mass is 9.99. The van der Waals surface area contributed by atoms with Crippen molar-refractivity contribution in [2.45, 2.75) is 6.04 Å². The van der Waals surface area contributed by atoms with E-state index in [-0.39, 0.29) is 18.5 Å². The fourth-order valence-electron chi connectivity index (χ4n) is 2.69. The molecule has 3 aromatic rings. The molecule has 126 valence electrons. The van der Waals surface area contributed by atoms with Gasteiger partial charge in [0.05, 0.1) is 12.6 Å². The van der Waals surface area contributed by atoms with E-state index in [1.807, 2.05) is 48.5 Å². The van der Waals surface area contributed by atoms with Crippen molar-refractivity contribution in [1.82, 2.24) is 5.32 Å². The van der Waals surface area contributed by atoms with Gasteiger partial charge in [0, 0.05) is 10.7 Å². The second kappa shape index (κ2) is 8.47. The van der Waals surface area contributed by atoms with E-state index >= 15 is 0 Å². The quantitative estimate of drug-likeness (QED) is 0.679. The molecule has 0 saturated heterocycles. The molecule has 0 radical (unpaired) electrons. The predicted molar refractivity (Wildman–Crippen MR) is 103 cm³/mol. The van der Waals surface area contributed by atoms with Crippen molar-refractivity contribution in [3.8, 4) is 0 Å². The molecule has 0 fully saturated rings. The number of nitrogens with one attached hydrogen (secondary N) is 2. The highest BCUT2D eigenvalue weighted by molar-refractivity contribution is 6.30. The number of halogens is 1. The van der Waals surface area contributed by atoms with Gasteiger partial charge in [-0.05, 0) is 29.3 Å². The molecule has 3 aromatic carbocycles. The molecule has 0 aromatic heterocycles. The second-order valence-corrected chi connectivity index (χ2v) is 6.13. The summed E-state index contributed by atoms with van der Waals surface area (Å²) >= 11 is 5.95. The first-order valence-corrected chi connectivity index (χ1v) is 8.49. The molecule has 2 N–H and O–H groups in total. The first-order chi connectivity index (χ1) is 12.2. The molecule has 0 saturated carbocycles. The van der Waals surface area contributed by atoms with Gasteiger partial charge in [0.1, 0.15) is 0 Å². The van der Waals surface area contributed by atoms with E-state index < -0.39 is 0 Å². The van der Waals surface area contributed by atoms with Gasteiger partial charge in [0.15, 0.2) is 0 Å². The number of anilines is 1. The molecular weight excluding hydrogens is 332 g/mol. The zero-order chi connectivity index (χ0) is 17.5. The van der Waals surface area contributed by atoms with Crippen LogP contribution >= 0.6 is 11.6 Å². The Morgan fingerprint density at radius 3 is 2.00 bits per heavy atom. The van der Waals surface area contributed by atoms with Crippen molar-refractivity contribution in [1.29, 1.82) is 0 Å². The van der Waals surface area contributed by atoms with Crippen molar-refractivity contribution in [2.75, 3.05) is 11.9 Å². The van der Waals surface area contributed by atoms with Crippen LogP contribution in [0.25, 0.3) is 0 Å². The molecule has 3 rings (SSSR count). The van der Waals surface area contributed by atoms with Crippen molar-refractivity contribution in [3.05, 3.63) is 101 Å². The zero-order valence-corrected chi connectivity index (χ0v) is 14.4. The van der Waals surface area contributed by atoms with Crippen molar-refractivity contribution < 1.29 is 4.79 Å². The summed E-state index contributed by atoms with van der Waals surface area (Å²) in [6, 6.07) is 27.3. The van der Waals surface area contributed by atoms with Crippen LogP contribution in [0.4, 0.5) is 5.69 Å². The maximum Gasteiger partial charge on any atom is 0.238 e. The van der Waals surface area contributed by atoms with E-state index in [2.05, 4.69) is 34.9 Å². The normalized spacial score (nSPS) is 10.6. The molecule has 0 aliphatic carbocycles. The molecule has 0 aliphatic rings. The Labute approximate surface area is 152 Å². The smallest absolute Gasteiger partial charge is 0.238 e. The highest BCUT2D eigenvalue weighted by Gasteiger charge is 2.14. The monoisotopic (exact) mass is 350 g/mol. The maximum atomic E-state index is 12.3. The molecule has 3 nitrogen and oxygen atoms in total. The Kier molecular flexibility index (Phi) is 5.83. The Bertz CT molecular complexity index is 782. The summed E-state index contributed by atoms with van der Waals surface area (Å²) in [6.45, 7) is 0.195. The maximum absolute atomic E-state index is 12.3. The molecule has 0 aliphatic heterocycles. The Balaban J connectivity index is 1.70. The molecule has 1 amide bonds. The van der Waals surface area contributed by atoms with E-state index in [0.29, 0.717) is 10.7 Å². The average Bonchev–Trinajstić information content (AvgIpc) is 2.64. The van der Waals surface area contributed by atoms with Gasteiger partial charge < -0.3 is 5.32 Å². The van der Waals surface area contributed by atoms with Crippen LogP contribution < -0.4 is 10.6 Å². The van der Waals surface area contributed by atoms with E-state index in [9.17, 15) is 4.79 Å². The number of carbonyl (C=O) groups excluding carboxylic acids is 1. The minimum absolute atomic E-state index is 0.0486. The van der Waals surface area contributed by atoms with Gasteiger partial charge in [0.2, 0.25) is 5.91 Å². The summed E-state index contributed by atoms with van der Waals surface area (Å²) in [5.41, 5.74) is 2.92. The van der Waals surface area contributed by atoms with Crippen molar-refractivity contribution in [3.63, 3.8) is 0 Å². The van der Waals surface area contributed by atoms with Crippen LogP contribution in [0.2, 0.25) is 5.02 Å². The average molecular weight is 351 g/mol. The summed E-state index contributed by atoms with van der Waals surface area (Å²) < 4.78 is 0. The minimum atomic E-state index is -0.112. The number of amides is 1. The number of hydrogen-bond acceptors (Lipinski definition) is 2. The molecule has 25 heavy (non-hydrogen) atoms. The number of rotatable bonds is 6. The Morgan fingerprint density at radius 1 is 0.840 bits per heavy atom. The highest BCUT2D eigenvalue weighted by Crippen LogP contribution is 2.21. The van der Waals surface area contributed by atoms with Crippen molar-refractivity contribution >= 4 is 23.2 Å². The summed E-state index contributed by atoms with van der Waals surface area (Å²) in [6.07, 6.45) is 0. The SMILES string of the molecule is O=C(CNC(c1ccccc1)c1ccccc1)Nc1cccc(Cl)c1. The third-order valence-corrected chi connectivity index (χ3v) is 4.08. The van der Waals surface area contributed by atoms with Crippen LogP contribution in [0, 0.1) is 0 Å². The second-order valence-electron chi connectivity index (χ2n) is 5.69. The minimum Gasteiger partial charge on any atom is -0.325 e. The highest BCUT2D eigenvalue weighted by atomic mass is 35.5. The van der Waals surface area contributed by atoms with Gasteiger partial charge in [-0.2, -0.15) is 0 Å². The Morgan fingerprint density at radius 2 is 1.44 bits per heavy atom. The van der Waals surface area contributed by atoms with Gasteiger partial charge in [-0.1, -0.05) is 78.3 Å². The molecule has 0 unspecified atom stereocenters. The summed E-state index contributed by atoms with van der Waals surface area (Å²) in [4.78, 5) is 12.3. The van der Waals surface area contributed by atoms with E-state index in [1.54, 1.807) is 12.1 Å². The van der Waals surface area contributed by atoms with Gasteiger partial charge >= 0.3 is 0 Å². The summed E-state index contributed by atoms with van der Waals surface area (Å²) in [5.74, 6) is -0.112. The lowest BCUT2D eigenvalue weighted by molar-refractivity contribution is -0.115. The first-order valence-electron chi connectivity index (χ1n) is 8.11. The van der Waals surface area contributed by atoms with Crippen LogP contribution in [0.1, 0.15) is 17.2 Å². The number of carbonyl (C=O) groups is 1. The van der Waals surface area contributed by atoms with E-state index in [1.165, 1.54) is 0 Å². The molecule has 4 heteroatoms. The predicted octanol–water partition coefficient (Wildman–Crippen LogP) is 4.66. The lowest BCUT2D eigenvalue weighted by Crippen LogP contribution is -2.31. The topological polar surface area (TPSA) is 41.1 Å². The molecule has 0 heterocycles. The largest absolute Gasteiger partial charge is 0.325 e. The lowest BCUT2D eigenvalue weighted by Gasteiger charge is -2.19. The van der Waals surface area contributed by atoms with Gasteiger partial charge in [-0.25, -0.2) is 0 Å². The molecular formula is C21H19ClN2O. The first kappa shape index (κ1) is 17.2. The van der Waals surface area contributed by atoms with Crippen molar-refractivity contribution in [2.24, 2.45) is 0 Å². The van der Waals surface area contributed by atoms with Crippen LogP contribution in [0.5, 0.6) is 0 Å². The number of benzene rings is 3. The third-order valence-electron chi connectivity index (χ3n) is 3.84. The van der Waals surface area contributed by atoms with Gasteiger partial charge in [-0.3, -0.25) is 10.1 Å². The fourth-order valence-corrected chi connectivity index (χ4v) is 2.88. The van der Waals surface area contributed by atoms with Gasteiger partial charge in [0.25, 0.3) is 0 Å². The van der Waals surface area contributed by atoms with Crippen LogP contribution in [-0.4, -0.2) is 12.5 Å². The summed E-state index contributed by atoms with van der Waals surface area (Å²) in [5, 5.41) is 6.79. The van der Waals surface area contributed by atoms with E-state index in [0.717, 1.165) is 11.1 Å². The third kappa shape index (κ3) is 4.92. The zero-order valence-electron chi connectivity index (χ0n) is 13.7. The fraction of sp³-hybridized carbons (Fsp3) is 0.0952. The van der Waals surface area contributed by atoms with Gasteiger partial charge in [-0.15, -0.1) is 0 Å². The standard InChI is InChI=1S/C21H19ClN2O/c22-18-12-7-13-19(14-18)24-20(25)15-23-21(16-8-3-1-4-9-16)17-10-5-2-6-11-17/h1-14,21,23H,15H2,(H,24,25). The van der Waals surface area contributed by atoms with E-state index in [4.69, 9.17) is 11.6 Å². The Hall–Kier alpha value is -2.62. The van der Waals surface area contributed by atoms with Crippen LogP contribution in [-0.2, 0) is 4.79 Å². The number of hydrogen-bond donors (Lipinski definition) is 2. The summed E-state index contributed by atoms with van der Waals surface area (Å²) in [7, 11) is 0. The molecule has 0 atom stereocenters. The van der Waals surface area contributed by atoms with Crippen LogP contribution in [0.3, 0.4) is 0 Å². The van der Waals surface area contributed by atoms with Crippen LogP contribution in [0.15, 0.2) is 84.9 Å².